The van der Waals surface area contributed by atoms with E-state index < -0.39 is 11.5 Å². The predicted molar refractivity (Wildman–Crippen MR) is 222 cm³/mol. The van der Waals surface area contributed by atoms with Gasteiger partial charge in [0.2, 0.25) is 5.91 Å². The van der Waals surface area contributed by atoms with Gasteiger partial charge in [-0.25, -0.2) is 4.79 Å². The fraction of sp³-hybridized carbons (Fsp3) is 0.468. The molecule has 1 aromatic heterocycles. The average molecular weight is 778 g/mol. The second-order valence-electron chi connectivity index (χ2n) is 16.6. The maximum absolute atomic E-state index is 13.0. The Bertz CT molecular complexity index is 1980. The van der Waals surface area contributed by atoms with Gasteiger partial charge in [0.1, 0.15) is 17.0 Å². The van der Waals surface area contributed by atoms with Gasteiger partial charge in [-0.2, -0.15) is 0 Å². The summed E-state index contributed by atoms with van der Waals surface area (Å²) in [6.45, 7) is 6.24. The fourth-order valence-corrected chi connectivity index (χ4v) is 9.86. The Morgan fingerprint density at radius 3 is 2.61 bits per heavy atom. The fourth-order valence-electron chi connectivity index (χ4n) is 9.67. The zero-order valence-corrected chi connectivity index (χ0v) is 33.6. The molecule has 1 fully saturated rings. The van der Waals surface area contributed by atoms with Gasteiger partial charge in [0, 0.05) is 41.1 Å². The average Bonchev–Trinajstić information content (AvgIpc) is 3.48. The molecule has 1 heterocycles. The van der Waals surface area contributed by atoms with Gasteiger partial charge in [-0.1, -0.05) is 67.9 Å². The normalized spacial score (nSPS) is 23.1. The number of carbonyl (C=O) groups is 2. The SMILES string of the molecule is C[C@@H](COc1ccnc2c1[C@H](C)CCC2)C[C@H]1Cc2ccc(OCCCC(=O)NCCc3ccccc3)cc2C12CCC(Nc1cccc(Cl)c1)(C(=O)O)CC2. The molecule has 0 unspecified atom stereocenters. The molecule has 1 saturated carbocycles. The quantitative estimate of drug-likeness (QED) is 0.0973. The largest absolute Gasteiger partial charge is 0.494 e. The Labute approximate surface area is 336 Å². The summed E-state index contributed by atoms with van der Waals surface area (Å²) in [5, 5.41) is 17.7. The standard InChI is InChI=1S/C47H56ClN3O5/c1-32(31-56-42-19-25-49-41-14-6-9-33(2)44(41)42)27-36-28-35-16-17-39(55-26-8-15-43(52)50-24-18-34-10-4-3-5-11-34)30-40(35)46(36)20-22-47(23-21-46,45(53)54)51-38-13-7-12-37(48)29-38/h3-5,7,10-13,16-17,19,25,29-30,32-33,36,51H,6,8-9,14-15,18,20-24,26-28,31H2,1-2H3,(H,50,52)(H,53,54)/t32-,33-,36+,46?,47?/m1/s1. The highest BCUT2D eigenvalue weighted by atomic mass is 35.5. The first kappa shape index (κ1) is 39.7. The molecule has 0 radical (unpaired) electrons. The number of amides is 1. The molecule has 0 bridgehead atoms. The van der Waals surface area contributed by atoms with Crippen LogP contribution in [0.15, 0.2) is 85.1 Å². The van der Waals surface area contributed by atoms with Gasteiger partial charge in [-0.3, -0.25) is 9.78 Å². The number of fused-ring (bicyclic) bond motifs is 3. The summed E-state index contributed by atoms with van der Waals surface area (Å²) >= 11 is 6.30. The number of benzene rings is 3. The van der Waals surface area contributed by atoms with Crippen LogP contribution in [0.5, 0.6) is 11.5 Å². The van der Waals surface area contributed by atoms with Crippen LogP contribution >= 0.6 is 11.6 Å². The van der Waals surface area contributed by atoms with Crippen LogP contribution in [0, 0.1) is 11.8 Å². The van der Waals surface area contributed by atoms with Crippen LogP contribution in [0.25, 0.3) is 0 Å². The lowest BCUT2D eigenvalue weighted by molar-refractivity contribution is -0.144. The smallest absolute Gasteiger partial charge is 0.329 e. The minimum Gasteiger partial charge on any atom is -0.494 e. The number of pyridine rings is 1. The summed E-state index contributed by atoms with van der Waals surface area (Å²) in [6, 6.07) is 26.0. The lowest BCUT2D eigenvalue weighted by atomic mass is 9.59. The van der Waals surface area contributed by atoms with Crippen LogP contribution in [0.3, 0.4) is 0 Å². The summed E-state index contributed by atoms with van der Waals surface area (Å²) in [5.74, 6) is 2.04. The number of ether oxygens (including phenoxy) is 2. The molecular weight excluding hydrogens is 722 g/mol. The van der Waals surface area contributed by atoms with Crippen molar-refractivity contribution in [2.24, 2.45) is 11.8 Å². The number of hydrogen-bond donors (Lipinski definition) is 3. The Balaban J connectivity index is 1.03. The second kappa shape index (κ2) is 17.7. The van der Waals surface area contributed by atoms with Crippen molar-refractivity contribution in [3.63, 3.8) is 0 Å². The van der Waals surface area contributed by atoms with E-state index in [0.717, 1.165) is 62.1 Å². The molecule has 3 N–H and O–H groups in total. The predicted octanol–water partition coefficient (Wildman–Crippen LogP) is 9.72. The molecule has 9 heteroatoms. The molecule has 1 amide bonds. The lowest BCUT2D eigenvalue weighted by Gasteiger charge is -2.47. The molecule has 3 aliphatic rings. The number of hydrogen-bond acceptors (Lipinski definition) is 6. The van der Waals surface area contributed by atoms with Gasteiger partial charge in [-0.15, -0.1) is 0 Å². The van der Waals surface area contributed by atoms with Crippen LogP contribution in [0.4, 0.5) is 5.69 Å². The molecule has 7 rings (SSSR count). The number of carboxylic acid groups (broad SMARTS) is 1. The number of carboxylic acids is 1. The number of aliphatic carboxylic acids is 1. The third kappa shape index (κ3) is 9.01. The first-order valence-electron chi connectivity index (χ1n) is 20.6. The highest BCUT2D eigenvalue weighted by Crippen LogP contribution is 2.57. The minimum atomic E-state index is -1.09. The summed E-state index contributed by atoms with van der Waals surface area (Å²) in [4.78, 5) is 30.2. The van der Waals surface area contributed by atoms with E-state index in [2.05, 4.69) is 59.8 Å². The lowest BCUT2D eigenvalue weighted by Crippen LogP contribution is -2.53. The highest BCUT2D eigenvalue weighted by molar-refractivity contribution is 6.30. The Morgan fingerprint density at radius 2 is 1.82 bits per heavy atom. The molecule has 1 spiro atoms. The summed E-state index contributed by atoms with van der Waals surface area (Å²) < 4.78 is 12.9. The Hall–Kier alpha value is -4.56. The van der Waals surface area contributed by atoms with Gasteiger partial charge >= 0.3 is 5.97 Å². The van der Waals surface area contributed by atoms with E-state index in [-0.39, 0.29) is 11.3 Å². The van der Waals surface area contributed by atoms with Crippen LogP contribution < -0.4 is 20.1 Å². The van der Waals surface area contributed by atoms with Gasteiger partial charge in [0.05, 0.1) is 13.2 Å². The van der Waals surface area contributed by atoms with Gasteiger partial charge in [0.15, 0.2) is 0 Å². The van der Waals surface area contributed by atoms with Gasteiger partial charge < -0.3 is 25.2 Å². The van der Waals surface area contributed by atoms with E-state index >= 15 is 0 Å². The van der Waals surface area contributed by atoms with E-state index in [9.17, 15) is 14.7 Å². The number of rotatable bonds is 16. The zero-order valence-electron chi connectivity index (χ0n) is 32.8. The van der Waals surface area contributed by atoms with Crippen molar-refractivity contribution < 1.29 is 24.2 Å². The number of aryl methyl sites for hydroxylation is 1. The zero-order chi connectivity index (χ0) is 39.1. The third-order valence-corrected chi connectivity index (χ3v) is 12.9. The van der Waals surface area contributed by atoms with Crippen LogP contribution in [-0.4, -0.2) is 47.3 Å². The van der Waals surface area contributed by atoms with Crippen LogP contribution in [0.1, 0.15) is 106 Å². The van der Waals surface area contributed by atoms with Crippen molar-refractivity contribution in [2.75, 3.05) is 25.1 Å². The third-order valence-electron chi connectivity index (χ3n) is 12.7. The molecular formula is C47H56ClN3O5. The number of nitrogens with one attached hydrogen (secondary N) is 2. The molecule has 4 aromatic rings. The van der Waals surface area contributed by atoms with Crippen molar-refractivity contribution in [1.82, 2.24) is 10.3 Å². The number of nitrogens with zero attached hydrogens (tertiary/aromatic N) is 1. The summed E-state index contributed by atoms with van der Waals surface area (Å²) in [5.41, 5.74) is 5.69. The Morgan fingerprint density at radius 1 is 1.00 bits per heavy atom. The molecule has 56 heavy (non-hydrogen) atoms. The number of halogens is 1. The topological polar surface area (TPSA) is 110 Å². The second-order valence-corrected chi connectivity index (χ2v) is 17.0. The van der Waals surface area contributed by atoms with E-state index in [1.165, 1.54) is 34.4 Å². The minimum absolute atomic E-state index is 0.0345. The van der Waals surface area contributed by atoms with E-state index in [0.29, 0.717) is 68.2 Å². The van der Waals surface area contributed by atoms with Gasteiger partial charge in [-0.05, 0) is 147 Å². The van der Waals surface area contributed by atoms with Crippen molar-refractivity contribution in [2.45, 2.75) is 108 Å². The monoisotopic (exact) mass is 777 g/mol. The number of carbonyl (C=O) groups excluding carboxylic acids is 1. The summed E-state index contributed by atoms with van der Waals surface area (Å²) in [7, 11) is 0. The summed E-state index contributed by atoms with van der Waals surface area (Å²) in [6.07, 6.45) is 11.4. The molecule has 296 valence electrons. The van der Waals surface area contributed by atoms with Crippen molar-refractivity contribution in [3.8, 4) is 11.5 Å². The van der Waals surface area contributed by atoms with E-state index in [1.54, 1.807) is 12.1 Å². The van der Waals surface area contributed by atoms with E-state index in [4.69, 9.17) is 21.1 Å². The van der Waals surface area contributed by atoms with Gasteiger partial charge in [0.25, 0.3) is 0 Å². The number of aromatic nitrogens is 1. The molecule has 3 atom stereocenters. The number of anilines is 1. The Kier molecular flexibility index (Phi) is 12.5. The molecule has 3 aromatic carbocycles. The molecule has 8 nitrogen and oxygen atoms in total. The van der Waals surface area contributed by atoms with Crippen molar-refractivity contribution >= 4 is 29.2 Å². The van der Waals surface area contributed by atoms with Crippen molar-refractivity contribution in [1.29, 1.82) is 0 Å². The van der Waals surface area contributed by atoms with Crippen LogP contribution in [-0.2, 0) is 34.3 Å². The first-order valence-corrected chi connectivity index (χ1v) is 21.0. The maximum atomic E-state index is 13.0. The molecule has 3 aliphatic carbocycles. The maximum Gasteiger partial charge on any atom is 0.329 e. The first-order chi connectivity index (χ1) is 27.1. The molecule has 0 saturated heterocycles. The molecule has 0 aliphatic heterocycles. The van der Waals surface area contributed by atoms with Crippen LogP contribution in [0.2, 0.25) is 5.02 Å². The van der Waals surface area contributed by atoms with E-state index in [1.807, 2.05) is 42.6 Å². The van der Waals surface area contributed by atoms with Crippen molar-refractivity contribution in [3.05, 3.63) is 118 Å². The highest BCUT2D eigenvalue weighted by Gasteiger charge is 2.54.